The van der Waals surface area contributed by atoms with E-state index in [9.17, 15) is 4.79 Å². The quantitative estimate of drug-likeness (QED) is 0.563. The van der Waals surface area contributed by atoms with Crippen LogP contribution in [0.15, 0.2) is 54.9 Å². The number of nitrogens with one attached hydrogen (secondary N) is 1. The van der Waals surface area contributed by atoms with E-state index in [1.807, 2.05) is 35.7 Å². The lowest BCUT2D eigenvalue weighted by molar-refractivity contribution is 0.102. The van der Waals surface area contributed by atoms with Gasteiger partial charge in [-0.2, -0.15) is 0 Å². The summed E-state index contributed by atoms with van der Waals surface area (Å²) in [5, 5.41) is 2.73. The number of rotatable bonds is 5. The van der Waals surface area contributed by atoms with E-state index in [1.165, 1.54) is 7.11 Å². The van der Waals surface area contributed by atoms with Crippen molar-refractivity contribution in [2.75, 3.05) is 19.5 Å². The Labute approximate surface area is 167 Å². The number of fused-ring (bicyclic) bond motifs is 1. The number of carbonyl (C=O) groups is 1. The highest BCUT2D eigenvalue weighted by Crippen LogP contribution is 2.28. The van der Waals surface area contributed by atoms with Gasteiger partial charge in [-0.15, -0.1) is 0 Å². The molecule has 0 saturated heterocycles. The Hall–Kier alpha value is -3.94. The maximum Gasteiger partial charge on any atom is 0.258 e. The summed E-state index contributed by atoms with van der Waals surface area (Å²) in [4.78, 5) is 25.9. The second-order valence-electron chi connectivity index (χ2n) is 6.26. The number of carbonyl (C=O) groups excluding carboxylic acids is 1. The molecule has 8 nitrogen and oxygen atoms in total. The Morgan fingerprint density at radius 1 is 1.03 bits per heavy atom. The molecule has 0 aliphatic heterocycles. The third-order valence-corrected chi connectivity index (χ3v) is 4.47. The van der Waals surface area contributed by atoms with Gasteiger partial charge in [0.15, 0.2) is 11.5 Å². The minimum atomic E-state index is -0.349. The number of aryl methyl sites for hydroxylation is 1. The van der Waals surface area contributed by atoms with Crippen molar-refractivity contribution < 1.29 is 14.3 Å². The number of pyridine rings is 1. The number of hydrogen-bond acceptors (Lipinski definition) is 6. The molecule has 8 heteroatoms. The van der Waals surface area contributed by atoms with E-state index in [2.05, 4.69) is 20.3 Å². The van der Waals surface area contributed by atoms with Crippen molar-refractivity contribution in [2.24, 2.45) is 0 Å². The van der Waals surface area contributed by atoms with Gasteiger partial charge < -0.3 is 9.47 Å². The largest absolute Gasteiger partial charge is 0.493 e. The minimum Gasteiger partial charge on any atom is -0.493 e. The van der Waals surface area contributed by atoms with Gasteiger partial charge in [0, 0.05) is 18.0 Å². The van der Waals surface area contributed by atoms with Crippen LogP contribution < -0.4 is 14.8 Å². The third-order valence-electron chi connectivity index (χ3n) is 4.47. The van der Waals surface area contributed by atoms with Crippen molar-refractivity contribution in [3.63, 3.8) is 0 Å². The summed E-state index contributed by atoms with van der Waals surface area (Å²) >= 11 is 0. The topological polar surface area (TPSA) is 90.6 Å². The Balaban J connectivity index is 1.64. The van der Waals surface area contributed by atoms with Crippen molar-refractivity contribution in [2.45, 2.75) is 6.92 Å². The zero-order valence-electron chi connectivity index (χ0n) is 16.2. The molecule has 0 aliphatic rings. The van der Waals surface area contributed by atoms with Crippen LogP contribution in [-0.2, 0) is 0 Å². The Morgan fingerprint density at radius 2 is 1.86 bits per heavy atom. The lowest BCUT2D eigenvalue weighted by Gasteiger charge is -2.10. The number of imidazole rings is 1. The molecule has 1 N–H and O–H groups in total. The summed E-state index contributed by atoms with van der Waals surface area (Å²) < 4.78 is 12.4. The van der Waals surface area contributed by atoms with Gasteiger partial charge in [-0.05, 0) is 43.3 Å². The zero-order valence-corrected chi connectivity index (χ0v) is 16.2. The van der Waals surface area contributed by atoms with Gasteiger partial charge in [-0.3, -0.25) is 14.5 Å². The molecule has 0 radical (unpaired) electrons. The fraction of sp³-hybridized carbons (Fsp3) is 0.143. The number of aromatic nitrogens is 4. The molecule has 0 saturated carbocycles. The fourth-order valence-corrected chi connectivity index (χ4v) is 3.12. The third kappa shape index (κ3) is 3.47. The number of anilines is 1. The smallest absolute Gasteiger partial charge is 0.258 e. The number of nitrogens with zero attached hydrogens (tertiary/aromatic N) is 4. The molecule has 0 unspecified atom stereocenters. The molecule has 3 aromatic heterocycles. The molecular formula is C21H19N5O3. The first kappa shape index (κ1) is 18.4. The predicted octanol–water partition coefficient (Wildman–Crippen LogP) is 3.37. The van der Waals surface area contributed by atoms with Crippen molar-refractivity contribution in [1.82, 2.24) is 19.4 Å². The highest BCUT2D eigenvalue weighted by molar-refractivity contribution is 6.03. The first-order chi connectivity index (χ1) is 14.1. The van der Waals surface area contributed by atoms with Gasteiger partial charge in [0.2, 0.25) is 5.95 Å². The van der Waals surface area contributed by atoms with Gasteiger partial charge >= 0.3 is 0 Å². The van der Waals surface area contributed by atoms with E-state index in [0.717, 1.165) is 17.0 Å². The van der Waals surface area contributed by atoms with Gasteiger partial charge in [0.25, 0.3) is 5.91 Å². The van der Waals surface area contributed by atoms with Gasteiger partial charge in [-0.25, -0.2) is 15.0 Å². The summed E-state index contributed by atoms with van der Waals surface area (Å²) in [5.41, 5.74) is 3.59. The van der Waals surface area contributed by atoms with Crippen LogP contribution in [0.1, 0.15) is 16.1 Å². The lowest BCUT2D eigenvalue weighted by atomic mass is 10.2. The van der Waals surface area contributed by atoms with Crippen LogP contribution in [0.5, 0.6) is 11.5 Å². The van der Waals surface area contributed by atoms with Gasteiger partial charge in [0.05, 0.1) is 31.3 Å². The van der Waals surface area contributed by atoms with E-state index < -0.39 is 0 Å². The molecule has 0 bridgehead atoms. The van der Waals surface area contributed by atoms with E-state index in [-0.39, 0.29) is 11.9 Å². The first-order valence-electron chi connectivity index (χ1n) is 8.91. The number of benzene rings is 1. The van der Waals surface area contributed by atoms with Crippen LogP contribution in [0.3, 0.4) is 0 Å². The standard InChI is InChI=1S/C21H19N5O3/c1-13-19(26-11-5-4-6-18(26)23-13)15-9-10-22-21(24-15)25-20(27)14-7-8-16(28-2)17(12-14)29-3/h4-12H,1-3H3,(H,22,24,25,27). The first-order valence-corrected chi connectivity index (χ1v) is 8.91. The van der Waals surface area contributed by atoms with Crippen LogP contribution in [0, 0.1) is 6.92 Å². The molecule has 29 heavy (non-hydrogen) atoms. The van der Waals surface area contributed by atoms with Crippen molar-refractivity contribution in [3.05, 3.63) is 66.1 Å². The molecule has 4 aromatic rings. The molecular weight excluding hydrogens is 370 g/mol. The maximum atomic E-state index is 12.7. The van der Waals surface area contributed by atoms with Crippen LogP contribution in [0.2, 0.25) is 0 Å². The molecule has 1 aromatic carbocycles. The summed E-state index contributed by atoms with van der Waals surface area (Å²) in [7, 11) is 3.06. The molecule has 1 amide bonds. The summed E-state index contributed by atoms with van der Waals surface area (Å²) in [6.45, 7) is 1.92. The number of hydrogen-bond donors (Lipinski definition) is 1. The summed E-state index contributed by atoms with van der Waals surface area (Å²) in [6.07, 6.45) is 3.53. The minimum absolute atomic E-state index is 0.201. The summed E-state index contributed by atoms with van der Waals surface area (Å²) in [6, 6.07) is 12.5. The normalized spacial score (nSPS) is 10.7. The SMILES string of the molecule is COc1ccc(C(=O)Nc2nccc(-c3c(C)nc4ccccn34)n2)cc1OC. The van der Waals surface area contributed by atoms with Gasteiger partial charge in [0.1, 0.15) is 5.65 Å². The van der Waals surface area contributed by atoms with Crippen molar-refractivity contribution >= 4 is 17.5 Å². The van der Waals surface area contributed by atoms with E-state index in [0.29, 0.717) is 22.8 Å². The summed E-state index contributed by atoms with van der Waals surface area (Å²) in [5.74, 6) is 0.868. The average Bonchev–Trinajstić information content (AvgIpc) is 3.09. The molecule has 3 heterocycles. The molecule has 146 valence electrons. The molecule has 0 fully saturated rings. The maximum absolute atomic E-state index is 12.7. The van der Waals surface area contributed by atoms with Gasteiger partial charge in [-0.1, -0.05) is 6.07 Å². The van der Waals surface area contributed by atoms with Crippen LogP contribution in [-0.4, -0.2) is 39.5 Å². The van der Waals surface area contributed by atoms with E-state index in [4.69, 9.17) is 9.47 Å². The van der Waals surface area contributed by atoms with Crippen molar-refractivity contribution in [3.8, 4) is 22.9 Å². The Morgan fingerprint density at radius 3 is 2.66 bits per heavy atom. The molecule has 0 atom stereocenters. The molecule has 0 aliphatic carbocycles. The number of amides is 1. The highest BCUT2D eigenvalue weighted by Gasteiger charge is 2.15. The van der Waals surface area contributed by atoms with E-state index >= 15 is 0 Å². The highest BCUT2D eigenvalue weighted by atomic mass is 16.5. The molecule has 4 rings (SSSR count). The zero-order chi connectivity index (χ0) is 20.4. The van der Waals surface area contributed by atoms with Crippen LogP contribution >= 0.6 is 0 Å². The number of ether oxygens (including phenoxy) is 2. The molecule has 0 spiro atoms. The fourth-order valence-electron chi connectivity index (χ4n) is 3.12. The average molecular weight is 389 g/mol. The Kier molecular flexibility index (Phi) is 4.82. The van der Waals surface area contributed by atoms with Crippen LogP contribution in [0.4, 0.5) is 5.95 Å². The second kappa shape index (κ2) is 7.59. The van der Waals surface area contributed by atoms with Crippen LogP contribution in [0.25, 0.3) is 17.0 Å². The van der Waals surface area contributed by atoms with Crippen molar-refractivity contribution in [1.29, 1.82) is 0 Å². The monoisotopic (exact) mass is 389 g/mol. The second-order valence-corrected chi connectivity index (χ2v) is 6.26. The Bertz CT molecular complexity index is 1200. The van der Waals surface area contributed by atoms with E-state index in [1.54, 1.807) is 37.6 Å². The lowest BCUT2D eigenvalue weighted by Crippen LogP contribution is -2.14. The number of methoxy groups -OCH3 is 2. The predicted molar refractivity (Wildman–Crippen MR) is 108 cm³/mol.